The SMILES string of the molecule is CC(=O)C(O)(CC(O)CO)C(O)CO. The zero-order valence-electron chi connectivity index (χ0n) is 7.92. The van der Waals surface area contributed by atoms with Gasteiger partial charge in [0.25, 0.3) is 0 Å². The summed E-state index contributed by atoms with van der Waals surface area (Å²) in [6.07, 6.45) is -3.49. The molecule has 3 atom stereocenters. The summed E-state index contributed by atoms with van der Waals surface area (Å²) in [5, 5.41) is 45.0. The number of aliphatic hydroxyl groups excluding tert-OH is 4. The average Bonchev–Trinajstić information content (AvgIpc) is 2.15. The van der Waals surface area contributed by atoms with E-state index in [-0.39, 0.29) is 0 Å². The standard InChI is InChI=1S/C8H16O6/c1-5(11)8(14,7(13)4-10)2-6(12)3-9/h6-7,9-10,12-14H,2-4H2,1H3. The number of aliphatic hydroxyl groups is 5. The number of hydrogen-bond acceptors (Lipinski definition) is 6. The minimum atomic E-state index is -2.21. The summed E-state index contributed by atoms with van der Waals surface area (Å²) in [7, 11) is 0. The van der Waals surface area contributed by atoms with Gasteiger partial charge in [-0.25, -0.2) is 0 Å². The molecule has 0 aliphatic rings. The number of ketones is 1. The predicted octanol–water partition coefficient (Wildman–Crippen LogP) is -2.60. The van der Waals surface area contributed by atoms with E-state index in [9.17, 15) is 15.0 Å². The Morgan fingerprint density at radius 1 is 1.29 bits per heavy atom. The summed E-state index contributed by atoms with van der Waals surface area (Å²) in [6.45, 7) is -0.398. The summed E-state index contributed by atoms with van der Waals surface area (Å²) in [5.41, 5.74) is -2.21. The topological polar surface area (TPSA) is 118 Å². The van der Waals surface area contributed by atoms with Crippen molar-refractivity contribution >= 4 is 5.78 Å². The van der Waals surface area contributed by atoms with E-state index in [1.165, 1.54) is 0 Å². The summed E-state index contributed by atoms with van der Waals surface area (Å²) in [6, 6.07) is 0. The van der Waals surface area contributed by atoms with Crippen molar-refractivity contribution in [2.75, 3.05) is 13.2 Å². The van der Waals surface area contributed by atoms with Crippen LogP contribution in [0.2, 0.25) is 0 Å². The summed E-state index contributed by atoms with van der Waals surface area (Å²) in [4.78, 5) is 11.0. The highest BCUT2D eigenvalue weighted by atomic mass is 16.4. The minimum Gasteiger partial charge on any atom is -0.394 e. The second-order valence-electron chi connectivity index (χ2n) is 3.22. The van der Waals surface area contributed by atoms with Crippen LogP contribution < -0.4 is 0 Å². The molecular formula is C8H16O6. The third-order valence-electron chi connectivity index (χ3n) is 2.09. The molecule has 0 radical (unpaired) electrons. The van der Waals surface area contributed by atoms with Gasteiger partial charge in [0.15, 0.2) is 11.4 Å². The van der Waals surface area contributed by atoms with Crippen LogP contribution in [-0.2, 0) is 4.79 Å². The lowest BCUT2D eigenvalue weighted by atomic mass is 9.87. The Morgan fingerprint density at radius 2 is 1.79 bits per heavy atom. The molecule has 84 valence electrons. The number of carbonyl (C=O) groups is 1. The maximum absolute atomic E-state index is 11.0. The first-order chi connectivity index (χ1) is 6.38. The first-order valence-corrected chi connectivity index (χ1v) is 4.19. The Morgan fingerprint density at radius 3 is 2.07 bits per heavy atom. The molecule has 0 saturated heterocycles. The van der Waals surface area contributed by atoms with Gasteiger partial charge in [0.1, 0.15) is 6.10 Å². The third kappa shape index (κ3) is 3.00. The van der Waals surface area contributed by atoms with Gasteiger partial charge in [0.2, 0.25) is 0 Å². The van der Waals surface area contributed by atoms with E-state index in [1.54, 1.807) is 0 Å². The first kappa shape index (κ1) is 13.5. The highest BCUT2D eigenvalue weighted by Gasteiger charge is 2.41. The van der Waals surface area contributed by atoms with Crippen molar-refractivity contribution in [3.05, 3.63) is 0 Å². The van der Waals surface area contributed by atoms with Crippen molar-refractivity contribution in [2.45, 2.75) is 31.2 Å². The molecule has 0 aromatic rings. The van der Waals surface area contributed by atoms with Crippen molar-refractivity contribution < 1.29 is 30.3 Å². The second kappa shape index (κ2) is 5.38. The largest absolute Gasteiger partial charge is 0.394 e. The molecule has 0 fully saturated rings. The number of carbonyl (C=O) groups excluding carboxylic acids is 1. The maximum atomic E-state index is 11.0. The Labute approximate surface area is 81.4 Å². The van der Waals surface area contributed by atoms with Crippen LogP contribution in [0.15, 0.2) is 0 Å². The van der Waals surface area contributed by atoms with Crippen LogP contribution >= 0.6 is 0 Å². The van der Waals surface area contributed by atoms with E-state index in [4.69, 9.17) is 15.3 Å². The lowest BCUT2D eigenvalue weighted by Gasteiger charge is -2.30. The van der Waals surface area contributed by atoms with Crippen LogP contribution in [0.5, 0.6) is 0 Å². The molecule has 0 rings (SSSR count). The fourth-order valence-corrected chi connectivity index (χ4v) is 1.09. The molecule has 0 amide bonds. The molecule has 3 unspecified atom stereocenters. The zero-order chi connectivity index (χ0) is 11.4. The third-order valence-corrected chi connectivity index (χ3v) is 2.09. The molecular weight excluding hydrogens is 192 g/mol. The van der Waals surface area contributed by atoms with Crippen LogP contribution in [0.25, 0.3) is 0 Å². The Hall–Kier alpha value is -0.530. The van der Waals surface area contributed by atoms with E-state index in [0.29, 0.717) is 0 Å². The number of Topliss-reactive ketones (excluding diaryl/α,β-unsaturated/α-hetero) is 1. The van der Waals surface area contributed by atoms with Gasteiger partial charge in [-0.15, -0.1) is 0 Å². The van der Waals surface area contributed by atoms with Crippen molar-refractivity contribution in [3.8, 4) is 0 Å². The van der Waals surface area contributed by atoms with Gasteiger partial charge in [0, 0.05) is 6.42 Å². The molecule has 0 saturated carbocycles. The van der Waals surface area contributed by atoms with Crippen molar-refractivity contribution in [1.82, 2.24) is 0 Å². The highest BCUT2D eigenvalue weighted by Crippen LogP contribution is 2.19. The van der Waals surface area contributed by atoms with Crippen LogP contribution in [0.1, 0.15) is 13.3 Å². The van der Waals surface area contributed by atoms with Gasteiger partial charge in [-0.05, 0) is 6.92 Å². The molecule has 6 nitrogen and oxygen atoms in total. The van der Waals surface area contributed by atoms with Gasteiger partial charge in [-0.2, -0.15) is 0 Å². The van der Waals surface area contributed by atoms with Gasteiger partial charge in [-0.3, -0.25) is 4.79 Å². The Kier molecular flexibility index (Phi) is 5.17. The minimum absolute atomic E-state index is 0.513. The highest BCUT2D eigenvalue weighted by molar-refractivity contribution is 5.85. The predicted molar refractivity (Wildman–Crippen MR) is 46.4 cm³/mol. The molecule has 14 heavy (non-hydrogen) atoms. The van der Waals surface area contributed by atoms with Gasteiger partial charge in [0.05, 0.1) is 19.3 Å². The molecule has 0 aliphatic carbocycles. The smallest absolute Gasteiger partial charge is 0.164 e. The molecule has 6 heteroatoms. The van der Waals surface area contributed by atoms with Crippen LogP contribution in [0.4, 0.5) is 0 Å². The summed E-state index contributed by atoms with van der Waals surface area (Å²) in [5.74, 6) is -0.772. The molecule has 0 aromatic carbocycles. The first-order valence-electron chi connectivity index (χ1n) is 4.19. The Bertz CT molecular complexity index is 194. The van der Waals surface area contributed by atoms with Crippen molar-refractivity contribution in [2.24, 2.45) is 0 Å². The lowest BCUT2D eigenvalue weighted by molar-refractivity contribution is -0.159. The molecule has 0 spiro atoms. The van der Waals surface area contributed by atoms with Crippen molar-refractivity contribution in [3.63, 3.8) is 0 Å². The fourth-order valence-electron chi connectivity index (χ4n) is 1.09. The fraction of sp³-hybridized carbons (Fsp3) is 0.875. The molecule has 0 heterocycles. The number of rotatable bonds is 6. The average molecular weight is 208 g/mol. The van der Waals surface area contributed by atoms with E-state index >= 15 is 0 Å². The van der Waals surface area contributed by atoms with Gasteiger partial charge >= 0.3 is 0 Å². The normalized spacial score (nSPS) is 19.9. The van der Waals surface area contributed by atoms with E-state index in [1.807, 2.05) is 0 Å². The molecule has 5 N–H and O–H groups in total. The lowest BCUT2D eigenvalue weighted by Crippen LogP contribution is -2.52. The summed E-state index contributed by atoms with van der Waals surface area (Å²) >= 11 is 0. The quantitative estimate of drug-likeness (QED) is 0.327. The van der Waals surface area contributed by atoms with Crippen LogP contribution in [-0.4, -0.2) is 62.3 Å². The van der Waals surface area contributed by atoms with E-state index in [0.717, 1.165) is 6.92 Å². The summed E-state index contributed by atoms with van der Waals surface area (Å²) < 4.78 is 0. The monoisotopic (exact) mass is 208 g/mol. The zero-order valence-corrected chi connectivity index (χ0v) is 7.92. The number of hydrogen-bond donors (Lipinski definition) is 5. The molecule has 0 aliphatic heterocycles. The molecule has 0 aromatic heterocycles. The molecule has 0 bridgehead atoms. The van der Waals surface area contributed by atoms with Gasteiger partial charge < -0.3 is 25.5 Å². The maximum Gasteiger partial charge on any atom is 0.164 e. The van der Waals surface area contributed by atoms with Gasteiger partial charge in [-0.1, -0.05) is 0 Å². The Balaban J connectivity index is 4.63. The van der Waals surface area contributed by atoms with E-state index in [2.05, 4.69) is 0 Å². The van der Waals surface area contributed by atoms with Crippen LogP contribution in [0.3, 0.4) is 0 Å². The van der Waals surface area contributed by atoms with Crippen molar-refractivity contribution in [1.29, 1.82) is 0 Å². The van der Waals surface area contributed by atoms with Crippen LogP contribution in [0, 0.1) is 0 Å². The second-order valence-corrected chi connectivity index (χ2v) is 3.22. The van der Waals surface area contributed by atoms with E-state index < -0.39 is 43.2 Å².